The Labute approximate surface area is 420 Å². The van der Waals surface area contributed by atoms with E-state index in [0.717, 1.165) is 0 Å². The lowest BCUT2D eigenvalue weighted by Gasteiger charge is -2.31. The molecule has 2 aliphatic rings. The number of para-hydroxylation sites is 1. The average Bonchev–Trinajstić information content (AvgIpc) is 4.19. The molecule has 5 rings (SSSR count). The highest BCUT2D eigenvalue weighted by molar-refractivity contribution is 6.05. The summed E-state index contributed by atoms with van der Waals surface area (Å²) in [5.41, 5.74) is 17.5. The number of carbonyl (C=O) groups is 9. The van der Waals surface area contributed by atoms with Gasteiger partial charge in [-0.15, -0.1) is 0 Å². The Bertz CT molecular complexity index is 2490. The molecule has 25 nitrogen and oxygen atoms in total. The van der Waals surface area contributed by atoms with Crippen molar-refractivity contribution in [2.45, 2.75) is 114 Å². The Morgan fingerprint density at radius 1 is 0.849 bits per heavy atom. The Morgan fingerprint density at radius 3 is 2.12 bits per heavy atom. The van der Waals surface area contributed by atoms with E-state index in [9.17, 15) is 48.3 Å². The van der Waals surface area contributed by atoms with E-state index in [4.69, 9.17) is 27.0 Å². The van der Waals surface area contributed by atoms with Gasteiger partial charge in [0.15, 0.2) is 17.8 Å². The molecule has 394 valence electrons. The number of likely N-dealkylation sites (tertiary alicyclic amines) is 2. The largest absolute Gasteiger partial charge is 0.494 e. The molecule has 25 heteroatoms. The first-order chi connectivity index (χ1) is 34.8. The molecule has 0 radical (unpaired) electrons. The molecule has 0 saturated carbocycles. The highest BCUT2D eigenvalue weighted by atomic mass is 16.5. The van der Waals surface area contributed by atoms with E-state index >= 15 is 0 Å². The zero-order valence-electron chi connectivity index (χ0n) is 40.9. The molecule has 2 unspecified atom stereocenters. The first-order valence-corrected chi connectivity index (χ1v) is 23.9. The fourth-order valence-corrected chi connectivity index (χ4v) is 8.71. The van der Waals surface area contributed by atoms with Crippen LogP contribution in [0, 0.1) is 5.92 Å². The number of nitrogens with zero attached hydrogens (tertiary/aromatic N) is 4. The molecule has 14 N–H and O–H groups in total. The minimum atomic E-state index is -1.46. The standard InChI is InChI=1S/C48H65N13O12/c1-4-26(2)37(44(68)59-38(33-24-52-25-54-33)46(70)61-21-11-18-35(61)43(67)57-32(47(71)72)22-27-12-6-5-7-13-27)58-40(64)28-14-8-15-30(39(28)73-3)55-42(66)34-17-10-20-60(34)45(69)31(16-9-19-53-48(50)51)56-41(65)29(49)23-36(62)63/h5-8,12-15,24-26,29,31-32,34-35,37-38H,4,9-11,16-23,49H2,1-3H3,(H,52,54)(H,55,66)(H,56,65)(H,57,67)(H,58,64)(H,59,68)(H,62,63)(H,71,72)(H4,50,51,53)/t26?,29-,31-,32?,34-,35-,37-,38-/m0/s1. The van der Waals surface area contributed by atoms with Gasteiger partial charge in [-0.05, 0) is 62.1 Å². The van der Waals surface area contributed by atoms with Crippen LogP contribution in [-0.2, 0) is 44.8 Å². The minimum absolute atomic E-state index is 0.0101. The number of aliphatic carboxylic acids is 2. The molecule has 2 saturated heterocycles. The number of aromatic nitrogens is 2. The predicted octanol–water partition coefficient (Wildman–Crippen LogP) is -0.507. The molecular weight excluding hydrogens is 951 g/mol. The number of amides is 7. The molecule has 0 spiro atoms. The molecule has 3 aromatic rings. The van der Waals surface area contributed by atoms with Crippen LogP contribution < -0.4 is 48.5 Å². The van der Waals surface area contributed by atoms with E-state index in [1.54, 1.807) is 44.2 Å². The van der Waals surface area contributed by atoms with Gasteiger partial charge in [0.25, 0.3) is 11.8 Å². The number of nitrogens with two attached hydrogens (primary N) is 3. The monoisotopic (exact) mass is 1020 g/mol. The van der Waals surface area contributed by atoms with Gasteiger partial charge in [0.1, 0.15) is 30.2 Å². The van der Waals surface area contributed by atoms with Crippen molar-refractivity contribution in [3.05, 3.63) is 77.9 Å². The number of nitrogens with one attached hydrogen (secondary N) is 6. The third-order valence-corrected chi connectivity index (χ3v) is 12.7. The van der Waals surface area contributed by atoms with Crippen LogP contribution in [0.25, 0.3) is 0 Å². The quantitative estimate of drug-likeness (QED) is 0.0289. The smallest absolute Gasteiger partial charge is 0.326 e. The summed E-state index contributed by atoms with van der Waals surface area (Å²) in [6.07, 6.45) is 3.92. The van der Waals surface area contributed by atoms with Gasteiger partial charge in [-0.1, -0.05) is 56.7 Å². The van der Waals surface area contributed by atoms with Crippen molar-refractivity contribution in [3.63, 3.8) is 0 Å². The van der Waals surface area contributed by atoms with E-state index < -0.39 is 108 Å². The van der Waals surface area contributed by atoms with Gasteiger partial charge >= 0.3 is 11.9 Å². The number of guanidine groups is 1. The topological polar surface area (TPSA) is 389 Å². The number of benzene rings is 2. The molecule has 2 aliphatic heterocycles. The number of H-pyrrole nitrogens is 1. The summed E-state index contributed by atoms with van der Waals surface area (Å²) in [6.45, 7) is 3.91. The van der Waals surface area contributed by atoms with Crippen molar-refractivity contribution in [2.75, 3.05) is 32.1 Å². The maximum Gasteiger partial charge on any atom is 0.326 e. The molecule has 1 aromatic heterocycles. The summed E-state index contributed by atoms with van der Waals surface area (Å²) in [4.78, 5) is 134. The first kappa shape index (κ1) is 55.8. The van der Waals surface area contributed by atoms with Crippen molar-refractivity contribution >= 4 is 64.9 Å². The number of hydrogen-bond donors (Lipinski definition) is 11. The second kappa shape index (κ2) is 26.4. The summed E-state index contributed by atoms with van der Waals surface area (Å²) >= 11 is 0. The van der Waals surface area contributed by atoms with Gasteiger partial charge in [0.05, 0.1) is 49.0 Å². The summed E-state index contributed by atoms with van der Waals surface area (Å²) in [5, 5.41) is 32.5. The fraction of sp³-hybridized carbons (Fsp3) is 0.479. The van der Waals surface area contributed by atoms with E-state index in [0.29, 0.717) is 24.8 Å². The average molecular weight is 1020 g/mol. The SMILES string of the molecule is CCC(C)[C@H](NC(=O)c1cccc(NC(=O)[C@@H]2CCCN2C(=O)[C@H](CCCN=C(N)N)NC(=O)[C@@H](N)CC(=O)O)c1OC)C(=O)N[C@H](C(=O)N1CCC[C@H]1C(=O)NC(Cc1ccccc1)C(=O)O)c1cnc[nH]1. The number of hydrogen-bond acceptors (Lipinski definition) is 13. The van der Waals surface area contributed by atoms with Crippen molar-refractivity contribution in [2.24, 2.45) is 28.1 Å². The molecule has 2 aromatic carbocycles. The second-order valence-electron chi connectivity index (χ2n) is 17.8. The molecular formula is C48H65N13O12. The van der Waals surface area contributed by atoms with Crippen LogP contribution in [0.2, 0.25) is 0 Å². The van der Waals surface area contributed by atoms with Crippen molar-refractivity contribution in [1.82, 2.24) is 41.0 Å². The lowest BCUT2D eigenvalue weighted by atomic mass is 9.97. The lowest BCUT2D eigenvalue weighted by molar-refractivity contribution is -0.145. The van der Waals surface area contributed by atoms with Gasteiger partial charge in [0.2, 0.25) is 29.5 Å². The van der Waals surface area contributed by atoms with Crippen LogP contribution in [0.15, 0.2) is 66.0 Å². The molecule has 3 heterocycles. The van der Waals surface area contributed by atoms with Gasteiger partial charge in [-0.25, -0.2) is 9.78 Å². The second-order valence-corrected chi connectivity index (χ2v) is 17.8. The van der Waals surface area contributed by atoms with E-state index in [2.05, 4.69) is 41.5 Å². The molecule has 7 amide bonds. The molecule has 2 fully saturated rings. The third-order valence-electron chi connectivity index (χ3n) is 12.7. The van der Waals surface area contributed by atoms with Gasteiger partial charge < -0.3 is 73.5 Å². The van der Waals surface area contributed by atoms with Crippen molar-refractivity contribution < 1.29 is 58.1 Å². The zero-order valence-corrected chi connectivity index (χ0v) is 40.9. The zero-order chi connectivity index (χ0) is 53.4. The van der Waals surface area contributed by atoms with Crippen LogP contribution in [0.3, 0.4) is 0 Å². The predicted molar refractivity (Wildman–Crippen MR) is 263 cm³/mol. The number of imidazole rings is 1. The van der Waals surface area contributed by atoms with Crippen LogP contribution in [0.5, 0.6) is 5.75 Å². The highest BCUT2D eigenvalue weighted by Gasteiger charge is 2.42. The Kier molecular flexibility index (Phi) is 20.2. The van der Waals surface area contributed by atoms with Gasteiger partial charge in [0, 0.05) is 26.1 Å². The maximum atomic E-state index is 14.4. The fourth-order valence-electron chi connectivity index (χ4n) is 8.71. The van der Waals surface area contributed by atoms with Crippen LogP contribution >= 0.6 is 0 Å². The summed E-state index contributed by atoms with van der Waals surface area (Å²) < 4.78 is 5.65. The normalized spacial score (nSPS) is 17.6. The number of aliphatic imine (C=N–C) groups is 1. The Morgan fingerprint density at radius 2 is 1.52 bits per heavy atom. The highest BCUT2D eigenvalue weighted by Crippen LogP contribution is 2.31. The molecule has 73 heavy (non-hydrogen) atoms. The number of aromatic amines is 1. The van der Waals surface area contributed by atoms with E-state index in [1.165, 1.54) is 47.6 Å². The van der Waals surface area contributed by atoms with Gasteiger partial charge in [-0.2, -0.15) is 0 Å². The number of carbonyl (C=O) groups excluding carboxylic acids is 7. The third kappa shape index (κ3) is 15.0. The van der Waals surface area contributed by atoms with E-state index in [-0.39, 0.29) is 80.4 Å². The molecule has 0 bridgehead atoms. The number of carboxylic acids is 2. The molecule has 8 atom stereocenters. The maximum absolute atomic E-state index is 14.4. The Balaban J connectivity index is 1.31. The van der Waals surface area contributed by atoms with Crippen molar-refractivity contribution in [3.8, 4) is 5.75 Å². The number of anilines is 1. The Hall–Kier alpha value is -8.09. The van der Waals surface area contributed by atoms with Crippen LogP contribution in [0.1, 0.15) is 92.9 Å². The molecule has 0 aliphatic carbocycles. The summed E-state index contributed by atoms with van der Waals surface area (Å²) in [7, 11) is 1.27. The number of rotatable bonds is 25. The number of ether oxygens (including phenoxy) is 1. The number of carboxylic acid groups (broad SMARTS) is 2. The first-order valence-electron chi connectivity index (χ1n) is 23.9. The number of methoxy groups -OCH3 is 1. The minimum Gasteiger partial charge on any atom is -0.494 e. The van der Waals surface area contributed by atoms with Crippen LogP contribution in [-0.4, -0.2) is 152 Å². The van der Waals surface area contributed by atoms with Crippen molar-refractivity contribution in [1.29, 1.82) is 0 Å². The summed E-state index contributed by atoms with van der Waals surface area (Å²) in [5.74, 6) is -8.38. The van der Waals surface area contributed by atoms with Gasteiger partial charge in [-0.3, -0.25) is 43.3 Å². The van der Waals surface area contributed by atoms with E-state index in [1.807, 2.05) is 0 Å². The lowest BCUT2D eigenvalue weighted by Crippen LogP contribution is -2.56. The van der Waals surface area contributed by atoms with Crippen LogP contribution in [0.4, 0.5) is 5.69 Å². The summed E-state index contributed by atoms with van der Waals surface area (Å²) in [6, 6.07) is 4.42.